The number of aromatic nitrogens is 2. The predicted molar refractivity (Wildman–Crippen MR) is 87.3 cm³/mol. The molecule has 5 nitrogen and oxygen atoms in total. The van der Waals surface area contributed by atoms with Gasteiger partial charge in [-0.3, -0.25) is 0 Å². The van der Waals surface area contributed by atoms with Crippen LogP contribution in [0, 0.1) is 12.7 Å². The molecule has 0 aliphatic heterocycles. The molecule has 0 saturated carbocycles. The van der Waals surface area contributed by atoms with Crippen molar-refractivity contribution in [2.45, 2.75) is 6.92 Å². The number of para-hydroxylation sites is 1. The molecule has 23 heavy (non-hydrogen) atoms. The molecule has 1 heterocycles. The molecule has 0 bridgehead atoms. The molecule has 0 radical (unpaired) electrons. The maximum Gasteiger partial charge on any atom is 0.221 e. The fourth-order valence-corrected chi connectivity index (χ4v) is 2.04. The van der Waals surface area contributed by atoms with E-state index in [1.54, 1.807) is 30.6 Å². The smallest absolute Gasteiger partial charge is 0.221 e. The first-order valence-electron chi connectivity index (χ1n) is 7.00. The highest BCUT2D eigenvalue weighted by atomic mass is 19.1. The minimum atomic E-state index is -0.383. The summed E-state index contributed by atoms with van der Waals surface area (Å²) in [4.78, 5) is 4.06. The summed E-state index contributed by atoms with van der Waals surface area (Å²) in [5, 5.41) is 4.23. The van der Waals surface area contributed by atoms with Gasteiger partial charge in [-0.25, -0.2) is 14.1 Å². The Kier molecular flexibility index (Phi) is 4.05. The minimum Gasteiger partial charge on any atom is -0.457 e. The zero-order valence-electron chi connectivity index (χ0n) is 12.5. The number of imidazole rings is 1. The molecule has 0 fully saturated rings. The van der Waals surface area contributed by atoms with Crippen LogP contribution in [0.2, 0.25) is 0 Å². The Morgan fingerprint density at radius 1 is 1.22 bits per heavy atom. The van der Waals surface area contributed by atoms with Gasteiger partial charge in [-0.2, -0.15) is 5.10 Å². The standard InChI is InChI=1S/C17H15FN4O/c1-12-11-22(17(19)21-12)20-10-13-7-8-14(18)9-16(13)23-15-5-3-2-4-6-15/h2-11H,1H3,(H2,19,21). The number of ether oxygens (including phenoxy) is 1. The third-order valence-corrected chi connectivity index (χ3v) is 3.10. The molecule has 0 saturated heterocycles. The van der Waals surface area contributed by atoms with Crippen molar-refractivity contribution in [3.05, 3.63) is 71.8 Å². The lowest BCUT2D eigenvalue weighted by atomic mass is 10.2. The van der Waals surface area contributed by atoms with Crippen LogP contribution in [0.4, 0.5) is 10.3 Å². The van der Waals surface area contributed by atoms with Crippen molar-refractivity contribution in [2.24, 2.45) is 5.10 Å². The van der Waals surface area contributed by atoms with Crippen LogP contribution in [0.1, 0.15) is 11.3 Å². The first-order valence-corrected chi connectivity index (χ1v) is 7.00. The molecule has 1 aromatic heterocycles. The Hall–Kier alpha value is -3.15. The summed E-state index contributed by atoms with van der Waals surface area (Å²) in [5.74, 6) is 0.888. The first kappa shape index (κ1) is 14.8. The average Bonchev–Trinajstić information content (AvgIpc) is 2.85. The molecule has 0 atom stereocenters. The first-order chi connectivity index (χ1) is 11.1. The number of halogens is 1. The number of hydrogen-bond acceptors (Lipinski definition) is 4. The number of nitrogens with zero attached hydrogens (tertiary/aromatic N) is 3. The van der Waals surface area contributed by atoms with Crippen LogP contribution in [0.15, 0.2) is 59.8 Å². The molecule has 3 aromatic rings. The van der Waals surface area contributed by atoms with Gasteiger partial charge in [0.2, 0.25) is 5.95 Å². The molecule has 0 amide bonds. The van der Waals surface area contributed by atoms with Crippen LogP contribution in [0.5, 0.6) is 11.5 Å². The molecule has 0 unspecified atom stereocenters. The van der Waals surface area contributed by atoms with Crippen molar-refractivity contribution in [3.8, 4) is 11.5 Å². The highest BCUT2D eigenvalue weighted by Gasteiger charge is 2.06. The summed E-state index contributed by atoms with van der Waals surface area (Å²) in [6.45, 7) is 1.82. The summed E-state index contributed by atoms with van der Waals surface area (Å²) in [5.41, 5.74) is 7.13. The van der Waals surface area contributed by atoms with E-state index in [1.165, 1.54) is 16.8 Å². The molecular weight excluding hydrogens is 295 g/mol. The van der Waals surface area contributed by atoms with E-state index in [2.05, 4.69) is 10.1 Å². The van der Waals surface area contributed by atoms with Crippen LogP contribution < -0.4 is 10.5 Å². The molecule has 0 aliphatic rings. The van der Waals surface area contributed by atoms with Gasteiger partial charge < -0.3 is 10.5 Å². The Morgan fingerprint density at radius 3 is 2.70 bits per heavy atom. The zero-order valence-corrected chi connectivity index (χ0v) is 12.5. The van der Waals surface area contributed by atoms with Crippen molar-refractivity contribution >= 4 is 12.2 Å². The van der Waals surface area contributed by atoms with Gasteiger partial charge in [-0.15, -0.1) is 0 Å². The molecule has 2 N–H and O–H groups in total. The Balaban J connectivity index is 1.91. The summed E-state index contributed by atoms with van der Waals surface area (Å²) in [6.07, 6.45) is 3.25. The normalized spacial score (nSPS) is 11.0. The van der Waals surface area contributed by atoms with E-state index < -0.39 is 0 Å². The number of aryl methyl sites for hydroxylation is 1. The van der Waals surface area contributed by atoms with Gasteiger partial charge in [-0.1, -0.05) is 18.2 Å². The summed E-state index contributed by atoms with van der Waals surface area (Å²) in [7, 11) is 0. The lowest BCUT2D eigenvalue weighted by molar-refractivity contribution is 0.476. The van der Waals surface area contributed by atoms with E-state index in [0.29, 0.717) is 17.1 Å². The average molecular weight is 310 g/mol. The fraction of sp³-hybridized carbons (Fsp3) is 0.0588. The highest BCUT2D eigenvalue weighted by Crippen LogP contribution is 2.25. The molecular formula is C17H15FN4O. The van der Waals surface area contributed by atoms with Crippen LogP contribution >= 0.6 is 0 Å². The van der Waals surface area contributed by atoms with E-state index in [-0.39, 0.29) is 11.8 Å². The van der Waals surface area contributed by atoms with Crippen molar-refractivity contribution in [2.75, 3.05) is 5.73 Å². The predicted octanol–water partition coefficient (Wildman–Crippen LogP) is 3.59. The number of benzene rings is 2. The largest absolute Gasteiger partial charge is 0.457 e. The maximum atomic E-state index is 13.5. The molecule has 0 aliphatic carbocycles. The summed E-state index contributed by atoms with van der Waals surface area (Å²) < 4.78 is 20.7. The van der Waals surface area contributed by atoms with Crippen molar-refractivity contribution in [1.29, 1.82) is 0 Å². The summed E-state index contributed by atoms with van der Waals surface area (Å²) >= 11 is 0. The minimum absolute atomic E-state index is 0.284. The van der Waals surface area contributed by atoms with Crippen molar-refractivity contribution < 1.29 is 9.13 Å². The second-order valence-corrected chi connectivity index (χ2v) is 4.93. The Morgan fingerprint density at radius 2 is 2.00 bits per heavy atom. The van der Waals surface area contributed by atoms with Gasteiger partial charge in [0.1, 0.15) is 17.3 Å². The second-order valence-electron chi connectivity index (χ2n) is 4.93. The lowest BCUT2D eigenvalue weighted by Crippen LogP contribution is -1.98. The monoisotopic (exact) mass is 310 g/mol. The fourth-order valence-electron chi connectivity index (χ4n) is 2.04. The van der Waals surface area contributed by atoms with Gasteiger partial charge in [-0.05, 0) is 31.2 Å². The quantitative estimate of drug-likeness (QED) is 0.749. The number of rotatable bonds is 4. The van der Waals surface area contributed by atoms with Gasteiger partial charge in [0, 0.05) is 11.6 Å². The number of nitrogens with two attached hydrogens (primary N) is 1. The third-order valence-electron chi connectivity index (χ3n) is 3.10. The van der Waals surface area contributed by atoms with Gasteiger partial charge >= 0.3 is 0 Å². The lowest BCUT2D eigenvalue weighted by Gasteiger charge is -2.08. The molecule has 116 valence electrons. The third kappa shape index (κ3) is 3.55. The van der Waals surface area contributed by atoms with E-state index in [1.807, 2.05) is 25.1 Å². The SMILES string of the molecule is Cc1cn(N=Cc2ccc(F)cc2Oc2ccccc2)c(N)n1. The van der Waals surface area contributed by atoms with Crippen LogP contribution in [-0.2, 0) is 0 Å². The number of hydrogen-bond donors (Lipinski definition) is 1. The van der Waals surface area contributed by atoms with Crippen molar-refractivity contribution in [3.63, 3.8) is 0 Å². The van der Waals surface area contributed by atoms with E-state index in [0.717, 1.165) is 5.69 Å². The molecule has 2 aromatic carbocycles. The van der Waals surface area contributed by atoms with Crippen molar-refractivity contribution in [1.82, 2.24) is 9.66 Å². The van der Waals surface area contributed by atoms with Crippen LogP contribution in [-0.4, -0.2) is 15.9 Å². The maximum absolute atomic E-state index is 13.5. The van der Waals surface area contributed by atoms with Crippen LogP contribution in [0.25, 0.3) is 0 Å². The van der Waals surface area contributed by atoms with E-state index in [9.17, 15) is 4.39 Å². The van der Waals surface area contributed by atoms with Crippen LogP contribution in [0.3, 0.4) is 0 Å². The number of anilines is 1. The summed E-state index contributed by atoms with van der Waals surface area (Å²) in [6, 6.07) is 13.4. The number of nitrogen functional groups attached to an aromatic ring is 1. The van der Waals surface area contributed by atoms with Gasteiger partial charge in [0.25, 0.3) is 0 Å². The Bertz CT molecular complexity index is 843. The van der Waals surface area contributed by atoms with Gasteiger partial charge in [0.15, 0.2) is 0 Å². The van der Waals surface area contributed by atoms with E-state index >= 15 is 0 Å². The Labute approximate surface area is 132 Å². The van der Waals surface area contributed by atoms with Gasteiger partial charge in [0.05, 0.1) is 18.1 Å². The van der Waals surface area contributed by atoms with E-state index in [4.69, 9.17) is 10.5 Å². The zero-order chi connectivity index (χ0) is 16.2. The second kappa shape index (κ2) is 6.31. The topological polar surface area (TPSA) is 65.4 Å². The molecule has 6 heteroatoms. The molecule has 0 spiro atoms. The molecule has 3 rings (SSSR count). The highest BCUT2D eigenvalue weighted by molar-refractivity contribution is 5.83.